The van der Waals surface area contributed by atoms with Gasteiger partial charge in [0, 0.05) is 19.2 Å². The van der Waals surface area contributed by atoms with E-state index < -0.39 is 0 Å². The van der Waals surface area contributed by atoms with E-state index in [1.54, 1.807) is 0 Å². The molecule has 74 valence electrons. The quantitative estimate of drug-likeness (QED) is 0.745. The van der Waals surface area contributed by atoms with E-state index in [9.17, 15) is 0 Å². The van der Waals surface area contributed by atoms with Crippen LogP contribution in [0.25, 0.3) is 0 Å². The zero-order valence-corrected chi connectivity index (χ0v) is 8.58. The smallest absolute Gasteiger partial charge is 0.108 e. The first kappa shape index (κ1) is 10.3. The molecule has 1 aromatic rings. The standard InChI is InChI=1S/C10H19N3/c1-3-9-8-13(7-5-6-11)10(4-2)12-9/h8H,3-7,11H2,1-2H3. The molecular weight excluding hydrogens is 162 g/mol. The predicted molar refractivity (Wildman–Crippen MR) is 54.7 cm³/mol. The van der Waals surface area contributed by atoms with Gasteiger partial charge >= 0.3 is 0 Å². The molecule has 0 aliphatic heterocycles. The van der Waals surface area contributed by atoms with Crippen molar-refractivity contribution >= 4 is 0 Å². The molecule has 0 aromatic carbocycles. The normalized spacial score (nSPS) is 10.7. The number of hydrogen-bond acceptors (Lipinski definition) is 2. The maximum absolute atomic E-state index is 5.47. The van der Waals surface area contributed by atoms with E-state index in [2.05, 4.69) is 29.6 Å². The van der Waals surface area contributed by atoms with Crippen LogP contribution in [-0.4, -0.2) is 16.1 Å². The molecule has 0 spiro atoms. The van der Waals surface area contributed by atoms with Gasteiger partial charge < -0.3 is 10.3 Å². The van der Waals surface area contributed by atoms with Gasteiger partial charge in [-0.2, -0.15) is 0 Å². The lowest BCUT2D eigenvalue weighted by molar-refractivity contribution is 0.621. The first-order valence-electron chi connectivity index (χ1n) is 5.06. The molecule has 0 bridgehead atoms. The van der Waals surface area contributed by atoms with Crippen LogP contribution in [0.4, 0.5) is 0 Å². The lowest BCUT2D eigenvalue weighted by Gasteiger charge is -2.03. The second kappa shape index (κ2) is 5.02. The number of aryl methyl sites for hydroxylation is 3. The average Bonchev–Trinajstić information content (AvgIpc) is 2.57. The molecule has 0 atom stereocenters. The summed E-state index contributed by atoms with van der Waals surface area (Å²) in [6.07, 6.45) is 5.20. The number of imidazole rings is 1. The van der Waals surface area contributed by atoms with Gasteiger partial charge in [0.05, 0.1) is 5.69 Å². The Kier molecular flexibility index (Phi) is 3.96. The van der Waals surface area contributed by atoms with Crippen LogP contribution in [0.15, 0.2) is 6.20 Å². The zero-order chi connectivity index (χ0) is 9.68. The molecule has 0 fully saturated rings. The Hall–Kier alpha value is -0.830. The van der Waals surface area contributed by atoms with Gasteiger partial charge in [0.1, 0.15) is 5.82 Å². The highest BCUT2D eigenvalue weighted by Gasteiger charge is 2.03. The van der Waals surface area contributed by atoms with Crippen LogP contribution in [0.1, 0.15) is 31.8 Å². The van der Waals surface area contributed by atoms with Crippen LogP contribution in [-0.2, 0) is 19.4 Å². The molecule has 0 unspecified atom stereocenters. The van der Waals surface area contributed by atoms with Gasteiger partial charge in [-0.3, -0.25) is 0 Å². The number of rotatable bonds is 5. The SMILES string of the molecule is CCc1cn(CCCN)c(CC)n1. The molecule has 0 aliphatic carbocycles. The minimum Gasteiger partial charge on any atom is -0.335 e. The fraction of sp³-hybridized carbons (Fsp3) is 0.700. The third-order valence-electron chi connectivity index (χ3n) is 2.19. The number of hydrogen-bond donors (Lipinski definition) is 1. The van der Waals surface area contributed by atoms with Crippen LogP contribution >= 0.6 is 0 Å². The van der Waals surface area contributed by atoms with Crippen molar-refractivity contribution in [1.82, 2.24) is 9.55 Å². The highest BCUT2D eigenvalue weighted by Crippen LogP contribution is 2.05. The van der Waals surface area contributed by atoms with Crippen LogP contribution in [0.2, 0.25) is 0 Å². The minimum atomic E-state index is 0.753. The summed E-state index contributed by atoms with van der Waals surface area (Å²) >= 11 is 0. The summed E-state index contributed by atoms with van der Waals surface area (Å²) in [4.78, 5) is 4.52. The Morgan fingerprint density at radius 1 is 1.38 bits per heavy atom. The lowest BCUT2D eigenvalue weighted by Crippen LogP contribution is -2.07. The number of aromatic nitrogens is 2. The molecule has 1 rings (SSSR count). The maximum Gasteiger partial charge on any atom is 0.108 e. The highest BCUT2D eigenvalue weighted by atomic mass is 15.1. The molecule has 0 saturated carbocycles. The first-order chi connectivity index (χ1) is 6.31. The van der Waals surface area contributed by atoms with Gasteiger partial charge in [0.2, 0.25) is 0 Å². The molecule has 1 heterocycles. The Bertz CT molecular complexity index is 253. The summed E-state index contributed by atoms with van der Waals surface area (Å²) in [5.74, 6) is 1.19. The Morgan fingerprint density at radius 3 is 2.69 bits per heavy atom. The van der Waals surface area contributed by atoms with Crippen molar-refractivity contribution < 1.29 is 0 Å². The Labute approximate surface area is 80.0 Å². The van der Waals surface area contributed by atoms with Crippen molar-refractivity contribution in [3.63, 3.8) is 0 Å². The Morgan fingerprint density at radius 2 is 2.15 bits per heavy atom. The molecular formula is C10H19N3. The molecule has 0 aliphatic rings. The van der Waals surface area contributed by atoms with Crippen molar-refractivity contribution in [1.29, 1.82) is 0 Å². The van der Waals surface area contributed by atoms with Gasteiger partial charge in [-0.1, -0.05) is 13.8 Å². The van der Waals surface area contributed by atoms with Crippen molar-refractivity contribution in [2.24, 2.45) is 5.73 Å². The van der Waals surface area contributed by atoms with Crippen molar-refractivity contribution in [3.8, 4) is 0 Å². The lowest BCUT2D eigenvalue weighted by atomic mass is 10.4. The minimum absolute atomic E-state index is 0.753. The van der Waals surface area contributed by atoms with Gasteiger partial charge in [0.25, 0.3) is 0 Å². The van der Waals surface area contributed by atoms with E-state index in [1.807, 2.05) is 0 Å². The number of nitrogens with zero attached hydrogens (tertiary/aromatic N) is 2. The highest BCUT2D eigenvalue weighted by molar-refractivity contribution is 5.04. The molecule has 2 N–H and O–H groups in total. The fourth-order valence-electron chi connectivity index (χ4n) is 1.42. The van der Waals surface area contributed by atoms with E-state index >= 15 is 0 Å². The molecule has 1 aromatic heterocycles. The zero-order valence-electron chi connectivity index (χ0n) is 8.58. The summed E-state index contributed by atoms with van der Waals surface area (Å²) < 4.78 is 2.23. The predicted octanol–water partition coefficient (Wildman–Crippen LogP) is 1.36. The first-order valence-corrected chi connectivity index (χ1v) is 5.06. The summed E-state index contributed by atoms with van der Waals surface area (Å²) in [5.41, 5.74) is 6.66. The van der Waals surface area contributed by atoms with E-state index in [0.717, 1.165) is 32.4 Å². The third-order valence-corrected chi connectivity index (χ3v) is 2.19. The van der Waals surface area contributed by atoms with E-state index in [1.165, 1.54) is 11.5 Å². The molecule has 0 radical (unpaired) electrons. The van der Waals surface area contributed by atoms with Gasteiger partial charge in [-0.05, 0) is 19.4 Å². The van der Waals surface area contributed by atoms with Crippen LogP contribution in [0.3, 0.4) is 0 Å². The van der Waals surface area contributed by atoms with Crippen LogP contribution < -0.4 is 5.73 Å². The fourth-order valence-corrected chi connectivity index (χ4v) is 1.42. The molecule has 3 heteroatoms. The molecule has 13 heavy (non-hydrogen) atoms. The summed E-state index contributed by atoms with van der Waals surface area (Å²) in [5, 5.41) is 0. The maximum atomic E-state index is 5.47. The van der Waals surface area contributed by atoms with Crippen LogP contribution in [0.5, 0.6) is 0 Å². The van der Waals surface area contributed by atoms with Crippen LogP contribution in [0, 0.1) is 0 Å². The van der Waals surface area contributed by atoms with Gasteiger partial charge in [-0.15, -0.1) is 0 Å². The Balaban J connectivity index is 2.71. The van der Waals surface area contributed by atoms with Gasteiger partial charge in [0.15, 0.2) is 0 Å². The molecule has 3 nitrogen and oxygen atoms in total. The topological polar surface area (TPSA) is 43.8 Å². The second-order valence-corrected chi connectivity index (χ2v) is 3.19. The van der Waals surface area contributed by atoms with E-state index in [-0.39, 0.29) is 0 Å². The third kappa shape index (κ3) is 2.56. The summed E-state index contributed by atoms with van der Waals surface area (Å²) in [6, 6.07) is 0. The molecule has 0 saturated heterocycles. The van der Waals surface area contributed by atoms with Gasteiger partial charge in [-0.25, -0.2) is 4.98 Å². The number of nitrogens with two attached hydrogens (primary N) is 1. The monoisotopic (exact) mass is 181 g/mol. The molecule has 0 amide bonds. The average molecular weight is 181 g/mol. The summed E-state index contributed by atoms with van der Waals surface area (Å²) in [7, 11) is 0. The summed E-state index contributed by atoms with van der Waals surface area (Å²) in [6.45, 7) is 6.03. The van der Waals surface area contributed by atoms with E-state index in [0.29, 0.717) is 0 Å². The van der Waals surface area contributed by atoms with Crippen molar-refractivity contribution in [2.75, 3.05) is 6.54 Å². The van der Waals surface area contributed by atoms with E-state index in [4.69, 9.17) is 5.73 Å². The van der Waals surface area contributed by atoms with Crippen molar-refractivity contribution in [2.45, 2.75) is 39.7 Å². The second-order valence-electron chi connectivity index (χ2n) is 3.19. The van der Waals surface area contributed by atoms with Crippen molar-refractivity contribution in [3.05, 3.63) is 17.7 Å². The largest absolute Gasteiger partial charge is 0.335 e.